The van der Waals surface area contributed by atoms with E-state index in [2.05, 4.69) is 38.0 Å². The molecule has 0 fully saturated rings. The third kappa shape index (κ3) is 4.67. The average molecular weight is 316 g/mol. The molecule has 0 aliphatic carbocycles. The second kappa shape index (κ2) is 7.05. The van der Waals surface area contributed by atoms with Crippen LogP contribution in [0.1, 0.15) is 39.8 Å². The zero-order chi connectivity index (χ0) is 16.2. The molecule has 1 heterocycles. The van der Waals surface area contributed by atoms with Gasteiger partial charge in [0.1, 0.15) is 5.01 Å². The molecular formula is C18H24N2OS. The normalized spacial score (nSPS) is 12.9. The molecular weight excluding hydrogens is 292 g/mol. The number of thiazole rings is 1. The lowest BCUT2D eigenvalue weighted by Gasteiger charge is -2.26. The molecule has 0 saturated heterocycles. The van der Waals surface area contributed by atoms with Gasteiger partial charge in [-0.1, -0.05) is 58.0 Å². The standard InChI is InChI=1S/C18H24N2OS/c1-13(18(2,3)4)10-16(21)19-11-15-12-22-17(20-15)14-8-6-5-7-9-14/h5-9,12-13H,10-11H2,1-4H3,(H,19,21). The van der Waals surface area contributed by atoms with E-state index in [0.29, 0.717) is 18.9 Å². The van der Waals surface area contributed by atoms with E-state index in [1.165, 1.54) is 0 Å². The van der Waals surface area contributed by atoms with E-state index in [0.717, 1.165) is 16.3 Å². The van der Waals surface area contributed by atoms with Gasteiger partial charge in [0.15, 0.2) is 0 Å². The van der Waals surface area contributed by atoms with E-state index >= 15 is 0 Å². The molecule has 0 aliphatic rings. The summed E-state index contributed by atoms with van der Waals surface area (Å²) in [5.74, 6) is 0.444. The lowest BCUT2D eigenvalue weighted by Crippen LogP contribution is -2.28. The Hall–Kier alpha value is -1.68. The molecule has 22 heavy (non-hydrogen) atoms. The van der Waals surface area contributed by atoms with Gasteiger partial charge in [0.05, 0.1) is 12.2 Å². The highest BCUT2D eigenvalue weighted by atomic mass is 32.1. The molecule has 1 unspecified atom stereocenters. The SMILES string of the molecule is CC(CC(=O)NCc1csc(-c2ccccc2)n1)C(C)(C)C. The number of nitrogens with zero attached hydrogens (tertiary/aromatic N) is 1. The summed E-state index contributed by atoms with van der Waals surface area (Å²) in [6.45, 7) is 9.11. The van der Waals surface area contributed by atoms with Crippen LogP contribution in [-0.4, -0.2) is 10.9 Å². The van der Waals surface area contributed by atoms with Crippen molar-refractivity contribution in [3.63, 3.8) is 0 Å². The Balaban J connectivity index is 1.88. The highest BCUT2D eigenvalue weighted by Gasteiger charge is 2.22. The van der Waals surface area contributed by atoms with Crippen LogP contribution < -0.4 is 5.32 Å². The number of carbonyl (C=O) groups is 1. The van der Waals surface area contributed by atoms with E-state index < -0.39 is 0 Å². The number of rotatable bonds is 5. The largest absolute Gasteiger partial charge is 0.350 e. The maximum atomic E-state index is 12.0. The first kappa shape index (κ1) is 16.7. The minimum atomic E-state index is 0.0942. The Morgan fingerprint density at radius 1 is 1.27 bits per heavy atom. The van der Waals surface area contributed by atoms with Crippen LogP contribution in [0.3, 0.4) is 0 Å². The van der Waals surface area contributed by atoms with E-state index in [1.807, 2.05) is 35.7 Å². The first-order valence-corrected chi connectivity index (χ1v) is 8.51. The molecule has 0 spiro atoms. The van der Waals surface area contributed by atoms with E-state index in [4.69, 9.17) is 0 Å². The van der Waals surface area contributed by atoms with Gasteiger partial charge in [-0.2, -0.15) is 0 Å². The quantitative estimate of drug-likeness (QED) is 0.882. The maximum absolute atomic E-state index is 12.0. The fourth-order valence-corrected chi connectivity index (χ4v) is 2.77. The number of hydrogen-bond donors (Lipinski definition) is 1. The van der Waals surface area contributed by atoms with Crippen molar-refractivity contribution in [2.45, 2.75) is 40.7 Å². The van der Waals surface area contributed by atoms with Crippen LogP contribution in [-0.2, 0) is 11.3 Å². The van der Waals surface area contributed by atoms with Gasteiger partial charge < -0.3 is 5.32 Å². The predicted molar refractivity (Wildman–Crippen MR) is 92.6 cm³/mol. The van der Waals surface area contributed by atoms with Gasteiger partial charge in [-0.25, -0.2) is 4.98 Å². The van der Waals surface area contributed by atoms with Crippen molar-refractivity contribution in [1.82, 2.24) is 10.3 Å². The number of amides is 1. The van der Waals surface area contributed by atoms with E-state index in [1.54, 1.807) is 11.3 Å². The van der Waals surface area contributed by atoms with Gasteiger partial charge in [-0.05, 0) is 11.3 Å². The Morgan fingerprint density at radius 2 is 1.95 bits per heavy atom. The van der Waals surface area contributed by atoms with Gasteiger partial charge >= 0.3 is 0 Å². The highest BCUT2D eigenvalue weighted by Crippen LogP contribution is 2.28. The Kier molecular flexibility index (Phi) is 5.35. The monoisotopic (exact) mass is 316 g/mol. The zero-order valence-electron chi connectivity index (χ0n) is 13.7. The van der Waals surface area contributed by atoms with Crippen LogP contribution in [0.2, 0.25) is 0 Å². The Labute approximate surface area is 136 Å². The number of benzene rings is 1. The summed E-state index contributed by atoms with van der Waals surface area (Å²) in [4.78, 5) is 16.6. The van der Waals surface area contributed by atoms with Gasteiger partial charge in [0.2, 0.25) is 5.91 Å². The van der Waals surface area contributed by atoms with Crippen molar-refractivity contribution in [1.29, 1.82) is 0 Å². The first-order valence-electron chi connectivity index (χ1n) is 7.63. The molecule has 3 nitrogen and oxygen atoms in total. The molecule has 2 rings (SSSR count). The molecule has 1 amide bonds. The lowest BCUT2D eigenvalue weighted by atomic mass is 9.80. The third-order valence-electron chi connectivity index (χ3n) is 4.01. The first-order chi connectivity index (χ1) is 10.4. The van der Waals surface area contributed by atoms with Crippen molar-refractivity contribution >= 4 is 17.2 Å². The highest BCUT2D eigenvalue weighted by molar-refractivity contribution is 7.13. The number of aromatic nitrogens is 1. The molecule has 0 saturated carbocycles. The second-order valence-corrected chi connectivity index (χ2v) is 7.62. The predicted octanol–water partition coefficient (Wildman–Crippen LogP) is 4.50. The average Bonchev–Trinajstić information content (AvgIpc) is 2.94. The van der Waals surface area contributed by atoms with Crippen molar-refractivity contribution in [2.24, 2.45) is 11.3 Å². The molecule has 1 atom stereocenters. The number of hydrogen-bond acceptors (Lipinski definition) is 3. The van der Waals surface area contributed by atoms with Gasteiger partial charge in [-0.3, -0.25) is 4.79 Å². The molecule has 4 heteroatoms. The van der Waals surface area contributed by atoms with E-state index in [-0.39, 0.29) is 11.3 Å². The summed E-state index contributed by atoms with van der Waals surface area (Å²) in [5, 5.41) is 5.98. The Morgan fingerprint density at radius 3 is 2.59 bits per heavy atom. The summed E-state index contributed by atoms with van der Waals surface area (Å²) in [7, 11) is 0. The molecule has 0 radical (unpaired) electrons. The second-order valence-electron chi connectivity index (χ2n) is 6.76. The van der Waals surface area contributed by atoms with Crippen LogP contribution >= 0.6 is 11.3 Å². The summed E-state index contributed by atoms with van der Waals surface area (Å²) in [6, 6.07) is 10.1. The lowest BCUT2D eigenvalue weighted by molar-refractivity contribution is -0.122. The summed E-state index contributed by atoms with van der Waals surface area (Å²) < 4.78 is 0. The van der Waals surface area contributed by atoms with Crippen molar-refractivity contribution in [2.75, 3.05) is 0 Å². The van der Waals surface area contributed by atoms with Gasteiger partial charge in [-0.15, -0.1) is 11.3 Å². The number of carbonyl (C=O) groups excluding carboxylic acids is 1. The fourth-order valence-electron chi connectivity index (χ4n) is 1.95. The molecule has 1 aromatic heterocycles. The minimum Gasteiger partial charge on any atom is -0.350 e. The Bertz CT molecular complexity index is 614. The van der Waals surface area contributed by atoms with Crippen LogP contribution in [0.15, 0.2) is 35.7 Å². The minimum absolute atomic E-state index is 0.0942. The van der Waals surface area contributed by atoms with Gasteiger partial charge in [0, 0.05) is 17.4 Å². The van der Waals surface area contributed by atoms with Crippen LogP contribution in [0.5, 0.6) is 0 Å². The summed E-state index contributed by atoms with van der Waals surface area (Å²) in [6.07, 6.45) is 0.555. The van der Waals surface area contributed by atoms with E-state index in [9.17, 15) is 4.79 Å². The summed E-state index contributed by atoms with van der Waals surface area (Å²) in [5.41, 5.74) is 2.19. The van der Waals surface area contributed by atoms with Crippen LogP contribution in [0.25, 0.3) is 10.6 Å². The van der Waals surface area contributed by atoms with Crippen molar-refractivity contribution < 1.29 is 4.79 Å². The number of nitrogens with one attached hydrogen (secondary N) is 1. The van der Waals surface area contributed by atoms with Crippen LogP contribution in [0.4, 0.5) is 0 Å². The van der Waals surface area contributed by atoms with Crippen molar-refractivity contribution in [3.8, 4) is 10.6 Å². The third-order valence-corrected chi connectivity index (χ3v) is 4.95. The zero-order valence-corrected chi connectivity index (χ0v) is 14.5. The fraction of sp³-hybridized carbons (Fsp3) is 0.444. The molecule has 2 aromatic rings. The summed E-state index contributed by atoms with van der Waals surface area (Å²) >= 11 is 1.61. The smallest absolute Gasteiger partial charge is 0.220 e. The molecule has 0 bridgehead atoms. The van der Waals surface area contributed by atoms with Crippen LogP contribution in [0, 0.1) is 11.3 Å². The molecule has 118 valence electrons. The maximum Gasteiger partial charge on any atom is 0.220 e. The molecule has 1 N–H and O–H groups in total. The molecule has 0 aliphatic heterocycles. The van der Waals surface area contributed by atoms with Crippen molar-refractivity contribution in [3.05, 3.63) is 41.4 Å². The topological polar surface area (TPSA) is 42.0 Å². The molecule has 1 aromatic carbocycles. The van der Waals surface area contributed by atoms with Gasteiger partial charge in [0.25, 0.3) is 0 Å².